The molecule has 2 aromatic carbocycles. The molecule has 1 atom stereocenters. The molecule has 1 aliphatic rings. The van der Waals surface area contributed by atoms with Crippen molar-refractivity contribution in [2.24, 2.45) is 5.92 Å². The maximum Gasteiger partial charge on any atom is 0.328 e. The third-order valence-electron chi connectivity index (χ3n) is 4.03. The Labute approximate surface area is 165 Å². The molecule has 3 rings (SSSR count). The van der Waals surface area contributed by atoms with E-state index in [0.717, 1.165) is 4.90 Å². The van der Waals surface area contributed by atoms with E-state index in [-0.39, 0.29) is 12.5 Å². The van der Waals surface area contributed by atoms with Crippen molar-refractivity contribution < 1.29 is 19.2 Å². The standard InChI is InChI=1S/C19H17ClN4O4/c1-11(25)22-13-3-2-4-14(9-13)23-17(26)16-10-21-19(28)24(18(16)27)15-7-5-12(20)6-8-15/h2-9,16H,10H2,1H3,(H,21,28)(H,22,25)(H,23,26). The minimum atomic E-state index is -1.10. The summed E-state index contributed by atoms with van der Waals surface area (Å²) in [5.41, 5.74) is 1.24. The number of hydrogen-bond acceptors (Lipinski definition) is 4. The minimum absolute atomic E-state index is 0.112. The zero-order chi connectivity index (χ0) is 20.3. The summed E-state index contributed by atoms with van der Waals surface area (Å²) < 4.78 is 0. The van der Waals surface area contributed by atoms with Gasteiger partial charge in [-0.2, -0.15) is 0 Å². The van der Waals surface area contributed by atoms with Crippen LogP contribution in [-0.2, 0) is 14.4 Å². The molecule has 28 heavy (non-hydrogen) atoms. The predicted octanol–water partition coefficient (Wildman–Crippen LogP) is 2.61. The molecule has 1 aliphatic heterocycles. The highest BCUT2D eigenvalue weighted by molar-refractivity contribution is 6.30. The summed E-state index contributed by atoms with van der Waals surface area (Å²) in [5.74, 6) is -2.55. The lowest BCUT2D eigenvalue weighted by molar-refractivity contribution is -0.130. The normalized spacial score (nSPS) is 16.4. The van der Waals surface area contributed by atoms with Gasteiger partial charge in [0.15, 0.2) is 0 Å². The first-order chi connectivity index (χ1) is 13.3. The van der Waals surface area contributed by atoms with E-state index in [4.69, 9.17) is 11.6 Å². The van der Waals surface area contributed by atoms with Gasteiger partial charge in [-0.05, 0) is 42.5 Å². The predicted molar refractivity (Wildman–Crippen MR) is 105 cm³/mol. The van der Waals surface area contributed by atoms with E-state index in [9.17, 15) is 19.2 Å². The topological polar surface area (TPSA) is 108 Å². The maximum absolute atomic E-state index is 12.8. The Morgan fingerprint density at radius 2 is 1.71 bits per heavy atom. The molecule has 0 radical (unpaired) electrons. The molecule has 8 nitrogen and oxygen atoms in total. The average molecular weight is 401 g/mol. The van der Waals surface area contributed by atoms with Crippen molar-refractivity contribution in [1.82, 2.24) is 5.32 Å². The Bertz CT molecular complexity index is 945. The summed E-state index contributed by atoms with van der Waals surface area (Å²) in [7, 11) is 0. The first-order valence-corrected chi connectivity index (χ1v) is 8.79. The SMILES string of the molecule is CC(=O)Nc1cccc(NC(=O)C2CNC(=O)N(c3ccc(Cl)cc3)C2=O)c1. The van der Waals surface area contributed by atoms with Gasteiger partial charge >= 0.3 is 6.03 Å². The first kappa shape index (κ1) is 19.4. The van der Waals surface area contributed by atoms with Gasteiger partial charge in [0.1, 0.15) is 5.92 Å². The van der Waals surface area contributed by atoms with Gasteiger partial charge in [-0.15, -0.1) is 0 Å². The molecule has 0 aliphatic carbocycles. The molecule has 0 spiro atoms. The molecule has 0 bridgehead atoms. The summed E-state index contributed by atoms with van der Waals surface area (Å²) >= 11 is 5.84. The van der Waals surface area contributed by atoms with E-state index in [0.29, 0.717) is 22.1 Å². The molecule has 1 heterocycles. The van der Waals surface area contributed by atoms with Crippen LogP contribution in [0.3, 0.4) is 0 Å². The van der Waals surface area contributed by atoms with Crippen molar-refractivity contribution in [3.8, 4) is 0 Å². The van der Waals surface area contributed by atoms with Crippen LogP contribution in [-0.4, -0.2) is 30.3 Å². The van der Waals surface area contributed by atoms with Gasteiger partial charge in [0.25, 0.3) is 0 Å². The minimum Gasteiger partial charge on any atom is -0.336 e. The third-order valence-corrected chi connectivity index (χ3v) is 4.28. The van der Waals surface area contributed by atoms with Gasteiger partial charge in [-0.1, -0.05) is 17.7 Å². The van der Waals surface area contributed by atoms with Crippen molar-refractivity contribution in [2.45, 2.75) is 6.92 Å². The number of hydrogen-bond donors (Lipinski definition) is 3. The van der Waals surface area contributed by atoms with Gasteiger partial charge in [-0.25, -0.2) is 9.69 Å². The Morgan fingerprint density at radius 3 is 2.36 bits per heavy atom. The quantitative estimate of drug-likeness (QED) is 0.685. The third kappa shape index (κ3) is 4.29. The zero-order valence-corrected chi connectivity index (χ0v) is 15.6. The largest absolute Gasteiger partial charge is 0.336 e. The number of nitrogens with one attached hydrogen (secondary N) is 3. The molecule has 9 heteroatoms. The molecule has 3 N–H and O–H groups in total. The van der Waals surface area contributed by atoms with Gasteiger partial charge < -0.3 is 16.0 Å². The number of nitrogens with zero attached hydrogens (tertiary/aromatic N) is 1. The fourth-order valence-electron chi connectivity index (χ4n) is 2.76. The highest BCUT2D eigenvalue weighted by Gasteiger charge is 2.39. The fraction of sp³-hybridized carbons (Fsp3) is 0.158. The average Bonchev–Trinajstić information content (AvgIpc) is 2.63. The second kappa shape index (κ2) is 8.10. The lowest BCUT2D eigenvalue weighted by Gasteiger charge is -2.30. The van der Waals surface area contributed by atoms with Crippen molar-refractivity contribution >= 4 is 52.4 Å². The van der Waals surface area contributed by atoms with E-state index in [1.165, 1.54) is 19.1 Å². The Balaban J connectivity index is 1.76. The summed E-state index contributed by atoms with van der Waals surface area (Å²) in [6.45, 7) is 1.26. The lowest BCUT2D eigenvalue weighted by Crippen LogP contribution is -2.58. The number of imide groups is 1. The number of amides is 5. The molecule has 5 amide bonds. The van der Waals surface area contributed by atoms with Crippen molar-refractivity contribution in [2.75, 3.05) is 22.1 Å². The molecular weight excluding hydrogens is 384 g/mol. The molecule has 1 saturated heterocycles. The van der Waals surface area contributed by atoms with Gasteiger partial charge in [-0.3, -0.25) is 14.4 Å². The van der Waals surface area contributed by atoms with Crippen LogP contribution < -0.4 is 20.9 Å². The number of urea groups is 1. The van der Waals surface area contributed by atoms with Gasteiger partial charge in [0.2, 0.25) is 17.7 Å². The highest BCUT2D eigenvalue weighted by atomic mass is 35.5. The van der Waals surface area contributed by atoms with Crippen LogP contribution in [0.1, 0.15) is 6.92 Å². The van der Waals surface area contributed by atoms with E-state index in [1.54, 1.807) is 36.4 Å². The van der Waals surface area contributed by atoms with E-state index < -0.39 is 23.8 Å². The molecule has 2 aromatic rings. The fourth-order valence-corrected chi connectivity index (χ4v) is 2.88. The Hall–Kier alpha value is -3.39. The smallest absolute Gasteiger partial charge is 0.328 e. The zero-order valence-electron chi connectivity index (χ0n) is 14.9. The van der Waals surface area contributed by atoms with E-state index in [1.807, 2.05) is 0 Å². The Kier molecular flexibility index (Phi) is 5.60. The monoisotopic (exact) mass is 400 g/mol. The number of anilines is 3. The molecule has 1 unspecified atom stereocenters. The van der Waals surface area contributed by atoms with Crippen LogP contribution in [0.5, 0.6) is 0 Å². The number of carbonyl (C=O) groups is 4. The lowest BCUT2D eigenvalue weighted by atomic mass is 10.0. The molecule has 144 valence electrons. The first-order valence-electron chi connectivity index (χ1n) is 8.41. The number of rotatable bonds is 4. The second-order valence-corrected chi connectivity index (χ2v) is 6.58. The summed E-state index contributed by atoms with van der Waals surface area (Å²) in [5, 5.41) is 8.26. The van der Waals surface area contributed by atoms with E-state index in [2.05, 4.69) is 16.0 Å². The summed E-state index contributed by atoms with van der Waals surface area (Å²) in [4.78, 5) is 49.6. The number of benzene rings is 2. The van der Waals surface area contributed by atoms with Crippen LogP contribution in [0.15, 0.2) is 48.5 Å². The van der Waals surface area contributed by atoms with E-state index >= 15 is 0 Å². The van der Waals surface area contributed by atoms with Crippen molar-refractivity contribution in [3.05, 3.63) is 53.6 Å². The van der Waals surface area contributed by atoms with Crippen LogP contribution >= 0.6 is 11.6 Å². The van der Waals surface area contributed by atoms with Crippen LogP contribution in [0.4, 0.5) is 21.9 Å². The van der Waals surface area contributed by atoms with Crippen LogP contribution in [0.2, 0.25) is 5.02 Å². The highest BCUT2D eigenvalue weighted by Crippen LogP contribution is 2.23. The molecular formula is C19H17ClN4O4. The Morgan fingerprint density at radius 1 is 1.07 bits per heavy atom. The summed E-state index contributed by atoms with van der Waals surface area (Å²) in [6, 6.07) is 12.1. The maximum atomic E-state index is 12.8. The van der Waals surface area contributed by atoms with Gasteiger partial charge in [0.05, 0.1) is 5.69 Å². The van der Waals surface area contributed by atoms with Crippen molar-refractivity contribution in [3.63, 3.8) is 0 Å². The van der Waals surface area contributed by atoms with Gasteiger partial charge in [0, 0.05) is 29.9 Å². The summed E-state index contributed by atoms with van der Waals surface area (Å²) in [6.07, 6.45) is 0. The number of carbonyl (C=O) groups excluding carboxylic acids is 4. The number of halogens is 1. The molecule has 0 saturated carbocycles. The van der Waals surface area contributed by atoms with Crippen LogP contribution in [0, 0.1) is 5.92 Å². The van der Waals surface area contributed by atoms with Crippen molar-refractivity contribution in [1.29, 1.82) is 0 Å². The molecule has 0 aromatic heterocycles. The second-order valence-electron chi connectivity index (χ2n) is 6.14. The van der Waals surface area contributed by atoms with Crippen LogP contribution in [0.25, 0.3) is 0 Å². The molecule has 1 fully saturated rings.